The van der Waals surface area contributed by atoms with Gasteiger partial charge in [-0.3, -0.25) is 4.79 Å². The van der Waals surface area contributed by atoms with Crippen molar-refractivity contribution in [1.29, 1.82) is 0 Å². The Morgan fingerprint density at radius 1 is 1.06 bits per heavy atom. The van der Waals surface area contributed by atoms with E-state index in [9.17, 15) is 4.79 Å². The molecule has 2 fully saturated rings. The van der Waals surface area contributed by atoms with Crippen molar-refractivity contribution in [2.45, 2.75) is 44.1 Å². The summed E-state index contributed by atoms with van der Waals surface area (Å²) in [7, 11) is 3.35. The number of benzene rings is 1. The molecule has 1 aromatic carbocycles. The summed E-state index contributed by atoms with van der Waals surface area (Å²) in [4.78, 5) is 12.6. The summed E-state index contributed by atoms with van der Waals surface area (Å²) in [6.07, 6.45) is 5.49. The number of aromatic nitrogens is 2. The van der Waals surface area contributed by atoms with Gasteiger partial charge >= 0.3 is 0 Å². The lowest BCUT2D eigenvalue weighted by Crippen LogP contribution is -2.36. The largest absolute Gasteiger partial charge is 0.496 e. The number of nitrogens with zero attached hydrogens (tertiary/aromatic N) is 2. The number of piperidine rings is 1. The van der Waals surface area contributed by atoms with Gasteiger partial charge < -0.3 is 25.8 Å². The van der Waals surface area contributed by atoms with E-state index in [1.807, 2.05) is 16.8 Å². The van der Waals surface area contributed by atoms with Crippen LogP contribution in [0.3, 0.4) is 0 Å². The molecule has 8 heteroatoms. The summed E-state index contributed by atoms with van der Waals surface area (Å²) < 4.78 is 13.4. The lowest BCUT2D eigenvalue weighted by atomic mass is 9.87. The highest BCUT2D eigenvalue weighted by Crippen LogP contribution is 2.50. The summed E-state index contributed by atoms with van der Waals surface area (Å²) >= 11 is 0. The molecule has 166 valence electrons. The number of methoxy groups -OCH3 is 2. The van der Waals surface area contributed by atoms with E-state index in [1.165, 1.54) is 0 Å². The summed E-state index contributed by atoms with van der Waals surface area (Å²) in [6, 6.07) is 4.20. The topological polar surface area (TPSA) is 103 Å². The van der Waals surface area contributed by atoms with Gasteiger partial charge in [-0.1, -0.05) is 0 Å². The average molecular weight is 426 g/mol. The van der Waals surface area contributed by atoms with Crippen LogP contribution in [0, 0.1) is 5.92 Å². The first kappa shape index (κ1) is 20.2. The summed E-state index contributed by atoms with van der Waals surface area (Å²) in [5.74, 6) is 2.83. The van der Waals surface area contributed by atoms with Crippen LogP contribution in [0.4, 0.5) is 5.82 Å². The first-order valence-corrected chi connectivity index (χ1v) is 11.3. The van der Waals surface area contributed by atoms with Crippen LogP contribution in [0.2, 0.25) is 0 Å². The number of primary amides is 1. The maximum Gasteiger partial charge on any atom is 0.254 e. The van der Waals surface area contributed by atoms with Crippen molar-refractivity contribution in [3.8, 4) is 22.8 Å². The van der Waals surface area contributed by atoms with Crippen molar-refractivity contribution in [1.82, 2.24) is 15.1 Å². The molecule has 1 saturated carbocycles. The molecule has 2 aliphatic heterocycles. The normalized spacial score (nSPS) is 21.3. The zero-order valence-corrected chi connectivity index (χ0v) is 18.2. The number of carbonyl (C=O) groups excluding carboxylic acids is 1. The van der Waals surface area contributed by atoms with Crippen LogP contribution in [-0.2, 0) is 0 Å². The second-order valence-electron chi connectivity index (χ2n) is 8.82. The highest BCUT2D eigenvalue weighted by Gasteiger charge is 2.35. The van der Waals surface area contributed by atoms with Gasteiger partial charge in [-0.15, -0.1) is 0 Å². The molecule has 0 radical (unpaired) electrons. The number of hydrogen-bond acceptors (Lipinski definition) is 6. The number of anilines is 1. The number of ether oxygens (including phenoxy) is 2. The Morgan fingerprint density at radius 2 is 1.74 bits per heavy atom. The van der Waals surface area contributed by atoms with E-state index in [0.717, 1.165) is 80.2 Å². The number of hydrogen-bond donors (Lipinski definition) is 3. The first-order valence-electron chi connectivity index (χ1n) is 11.3. The Kier molecular flexibility index (Phi) is 5.25. The van der Waals surface area contributed by atoms with E-state index < -0.39 is 5.91 Å². The van der Waals surface area contributed by atoms with Crippen molar-refractivity contribution in [2.75, 3.05) is 39.2 Å². The van der Waals surface area contributed by atoms with Gasteiger partial charge in [0.2, 0.25) is 0 Å². The Balaban J connectivity index is 1.63. The molecule has 1 saturated heterocycles. The molecular weight excluding hydrogens is 394 g/mol. The van der Waals surface area contributed by atoms with Gasteiger partial charge in [0, 0.05) is 17.7 Å². The fraction of sp³-hybridized carbons (Fsp3) is 0.565. The average Bonchev–Trinajstić information content (AvgIpc) is 3.56. The molecule has 2 aromatic rings. The fourth-order valence-electron chi connectivity index (χ4n) is 5.25. The highest BCUT2D eigenvalue weighted by atomic mass is 16.5. The second-order valence-corrected chi connectivity index (χ2v) is 8.82. The third kappa shape index (κ3) is 3.52. The predicted octanol–water partition coefficient (Wildman–Crippen LogP) is 2.90. The number of amides is 1. The number of nitrogens with one attached hydrogen (secondary N) is 2. The molecule has 5 rings (SSSR count). The van der Waals surface area contributed by atoms with Crippen LogP contribution in [0.25, 0.3) is 11.3 Å². The molecular formula is C23H31N5O3. The zero-order chi connectivity index (χ0) is 21.5. The molecule has 3 heterocycles. The first-order chi connectivity index (χ1) is 15.1. The van der Waals surface area contributed by atoms with Gasteiger partial charge in [0.05, 0.1) is 20.3 Å². The van der Waals surface area contributed by atoms with Crippen molar-refractivity contribution in [3.05, 3.63) is 23.3 Å². The van der Waals surface area contributed by atoms with Crippen LogP contribution in [0.5, 0.6) is 11.5 Å². The van der Waals surface area contributed by atoms with Crippen LogP contribution >= 0.6 is 0 Å². The lowest BCUT2D eigenvalue weighted by Gasteiger charge is -2.34. The van der Waals surface area contributed by atoms with E-state index in [4.69, 9.17) is 20.3 Å². The predicted molar refractivity (Wildman–Crippen MR) is 119 cm³/mol. The molecule has 31 heavy (non-hydrogen) atoms. The van der Waals surface area contributed by atoms with E-state index in [-0.39, 0.29) is 6.04 Å². The van der Waals surface area contributed by atoms with Gasteiger partial charge in [-0.05, 0) is 69.2 Å². The molecule has 0 spiro atoms. The van der Waals surface area contributed by atoms with Gasteiger partial charge in [0.15, 0.2) is 0 Å². The van der Waals surface area contributed by atoms with E-state index in [0.29, 0.717) is 23.1 Å². The van der Waals surface area contributed by atoms with Crippen molar-refractivity contribution >= 4 is 11.7 Å². The molecule has 8 nitrogen and oxygen atoms in total. The SMILES string of the molecule is COc1cc(-c2nn3c(c2C(N)=O)NCCC3C2CCNCC2)cc(OC)c1C1CC1. The molecule has 1 amide bonds. The van der Waals surface area contributed by atoms with E-state index in [2.05, 4.69) is 10.6 Å². The van der Waals surface area contributed by atoms with Gasteiger partial charge in [0.25, 0.3) is 5.91 Å². The second kappa shape index (κ2) is 8.07. The monoisotopic (exact) mass is 425 g/mol. The van der Waals surface area contributed by atoms with Crippen LogP contribution in [0.15, 0.2) is 12.1 Å². The van der Waals surface area contributed by atoms with E-state index >= 15 is 0 Å². The van der Waals surface area contributed by atoms with Gasteiger partial charge in [-0.2, -0.15) is 5.10 Å². The van der Waals surface area contributed by atoms with Crippen molar-refractivity contribution in [2.24, 2.45) is 11.7 Å². The molecule has 1 atom stereocenters. The number of carbonyl (C=O) groups is 1. The molecule has 4 N–H and O–H groups in total. The van der Waals surface area contributed by atoms with Gasteiger partial charge in [-0.25, -0.2) is 4.68 Å². The standard InChI is InChI=1S/C23H31N5O3/c1-30-17-11-15(12-18(31-2)19(17)14-3-4-14)21-20(22(24)29)23-26-10-7-16(28(23)27-21)13-5-8-25-9-6-13/h11-14,16,25-26H,3-10H2,1-2H3,(H2,24,29). The Labute approximate surface area is 182 Å². The minimum absolute atomic E-state index is 0.264. The number of nitrogens with two attached hydrogens (primary N) is 1. The zero-order valence-electron chi connectivity index (χ0n) is 18.2. The van der Waals surface area contributed by atoms with Crippen molar-refractivity contribution in [3.63, 3.8) is 0 Å². The number of fused-ring (bicyclic) bond motifs is 1. The lowest BCUT2D eigenvalue weighted by molar-refractivity contribution is 0.100. The summed E-state index contributed by atoms with van der Waals surface area (Å²) in [5, 5.41) is 11.8. The Hall–Kier alpha value is -2.74. The third-order valence-corrected chi connectivity index (χ3v) is 6.93. The fourth-order valence-corrected chi connectivity index (χ4v) is 5.25. The quantitative estimate of drug-likeness (QED) is 0.658. The molecule has 0 bridgehead atoms. The minimum atomic E-state index is -0.473. The molecule has 3 aliphatic rings. The van der Waals surface area contributed by atoms with Gasteiger partial charge in [0.1, 0.15) is 28.6 Å². The maximum atomic E-state index is 12.6. The Bertz CT molecular complexity index is 966. The molecule has 1 aliphatic carbocycles. The molecule has 1 unspecified atom stereocenters. The van der Waals surface area contributed by atoms with E-state index in [1.54, 1.807) is 14.2 Å². The van der Waals surface area contributed by atoms with Crippen LogP contribution in [-0.4, -0.2) is 49.5 Å². The number of rotatable bonds is 6. The minimum Gasteiger partial charge on any atom is -0.496 e. The maximum absolute atomic E-state index is 12.6. The highest BCUT2D eigenvalue weighted by molar-refractivity contribution is 6.04. The smallest absolute Gasteiger partial charge is 0.254 e. The molecule has 1 aromatic heterocycles. The van der Waals surface area contributed by atoms with Crippen LogP contribution < -0.4 is 25.8 Å². The third-order valence-electron chi connectivity index (χ3n) is 6.93. The Morgan fingerprint density at radius 3 is 2.32 bits per heavy atom. The van der Waals surface area contributed by atoms with Crippen molar-refractivity contribution < 1.29 is 14.3 Å². The summed E-state index contributed by atoms with van der Waals surface area (Å²) in [6.45, 7) is 2.86. The van der Waals surface area contributed by atoms with Crippen LogP contribution in [0.1, 0.15) is 60.0 Å². The summed E-state index contributed by atoms with van der Waals surface area (Å²) in [5.41, 5.74) is 8.80.